The number of aryl methyl sites for hydroxylation is 1. The Morgan fingerprint density at radius 3 is 2.60 bits per heavy atom. The summed E-state index contributed by atoms with van der Waals surface area (Å²) in [6.45, 7) is 0.000833. The zero-order valence-corrected chi connectivity index (χ0v) is 19.2. The molecule has 0 spiro atoms. The number of fused-ring (bicyclic) bond motifs is 4. The molecule has 1 aliphatic rings. The number of benzene rings is 3. The highest BCUT2D eigenvalue weighted by atomic mass is 16.5. The minimum Gasteiger partial charge on any atom is -0.462 e. The third-order valence-electron chi connectivity index (χ3n) is 6.65. The van der Waals surface area contributed by atoms with E-state index in [1.54, 1.807) is 18.2 Å². The third-order valence-corrected chi connectivity index (χ3v) is 6.65. The van der Waals surface area contributed by atoms with Crippen molar-refractivity contribution in [2.45, 2.75) is 32.1 Å². The predicted octanol–water partition coefficient (Wildman–Crippen LogP) is 6.22. The first-order chi connectivity index (χ1) is 17.2. The number of ether oxygens (including phenoxy) is 1. The monoisotopic (exact) mass is 464 g/mol. The molecule has 0 aliphatic heterocycles. The fraction of sp³-hybridized carbons (Fsp3) is 0.207. The van der Waals surface area contributed by atoms with Gasteiger partial charge in [0.1, 0.15) is 12.1 Å². The summed E-state index contributed by atoms with van der Waals surface area (Å²) in [6, 6.07) is 22.6. The van der Waals surface area contributed by atoms with E-state index >= 15 is 0 Å². The molecule has 1 aliphatic carbocycles. The number of hydrogen-bond donors (Lipinski definition) is 0. The van der Waals surface area contributed by atoms with Gasteiger partial charge >= 0.3 is 5.97 Å². The molecule has 0 radical (unpaired) electrons. The lowest BCUT2D eigenvalue weighted by molar-refractivity contribution is 0.0490. The predicted molar refractivity (Wildman–Crippen MR) is 134 cm³/mol. The van der Waals surface area contributed by atoms with E-state index in [9.17, 15) is 9.59 Å². The maximum absolute atomic E-state index is 13.2. The molecule has 2 aromatic heterocycles. The van der Waals surface area contributed by atoms with Crippen LogP contribution in [-0.4, -0.2) is 28.0 Å². The zero-order chi connectivity index (χ0) is 23.8. The SMILES string of the molecule is O=C(OCCC(=O)n1c2c(c3ccccc31)CCCC2)c1ccccc1-c1nc2ccccc2o1. The molecule has 0 saturated heterocycles. The second kappa shape index (κ2) is 8.87. The average Bonchev–Trinajstić information content (AvgIpc) is 3.48. The molecular formula is C29H24N2O4. The van der Waals surface area contributed by atoms with E-state index < -0.39 is 5.97 Å². The Labute approximate surface area is 202 Å². The van der Waals surface area contributed by atoms with Gasteiger partial charge in [0.25, 0.3) is 0 Å². The van der Waals surface area contributed by atoms with Crippen molar-refractivity contribution in [2.75, 3.05) is 6.61 Å². The Bertz CT molecular complexity index is 1540. The first-order valence-electron chi connectivity index (χ1n) is 12.0. The zero-order valence-electron chi connectivity index (χ0n) is 19.2. The largest absolute Gasteiger partial charge is 0.462 e. The van der Waals surface area contributed by atoms with E-state index in [1.165, 1.54) is 5.56 Å². The van der Waals surface area contributed by atoms with E-state index in [0.29, 0.717) is 22.6 Å². The topological polar surface area (TPSA) is 74.3 Å². The molecule has 0 amide bonds. The van der Waals surface area contributed by atoms with Crippen LogP contribution in [-0.2, 0) is 17.6 Å². The van der Waals surface area contributed by atoms with Crippen LogP contribution in [0.5, 0.6) is 0 Å². The van der Waals surface area contributed by atoms with Gasteiger partial charge < -0.3 is 9.15 Å². The standard InChI is InChI=1S/C29H24N2O4/c32-27(31-24-14-6-3-9-19(24)20-10-4-7-15-25(20)31)17-18-34-29(33)22-12-2-1-11-21(22)28-30-23-13-5-8-16-26(23)35-28/h1-3,5-6,8-9,11-14,16H,4,7,10,15,17-18H2. The van der Waals surface area contributed by atoms with Crippen LogP contribution in [0, 0.1) is 0 Å². The van der Waals surface area contributed by atoms with Crippen LogP contribution >= 0.6 is 0 Å². The third kappa shape index (κ3) is 3.81. The minimum atomic E-state index is -0.505. The summed E-state index contributed by atoms with van der Waals surface area (Å²) in [5.74, 6) is -0.195. The summed E-state index contributed by atoms with van der Waals surface area (Å²) >= 11 is 0. The number of hydrogen-bond acceptors (Lipinski definition) is 5. The number of esters is 1. The van der Waals surface area contributed by atoms with Gasteiger partial charge in [-0.2, -0.15) is 0 Å². The highest BCUT2D eigenvalue weighted by molar-refractivity contribution is 5.98. The van der Waals surface area contributed by atoms with E-state index in [4.69, 9.17) is 9.15 Å². The van der Waals surface area contributed by atoms with Crippen molar-refractivity contribution < 1.29 is 18.7 Å². The molecule has 0 unspecified atom stereocenters. The fourth-order valence-electron chi connectivity index (χ4n) is 5.04. The van der Waals surface area contributed by atoms with Gasteiger partial charge in [0.15, 0.2) is 5.58 Å². The normalized spacial score (nSPS) is 13.1. The average molecular weight is 465 g/mol. The van der Waals surface area contributed by atoms with Crippen LogP contribution in [0.25, 0.3) is 33.5 Å². The van der Waals surface area contributed by atoms with Crippen LogP contribution in [0.3, 0.4) is 0 Å². The van der Waals surface area contributed by atoms with E-state index in [-0.39, 0.29) is 18.9 Å². The molecule has 6 rings (SSSR count). The summed E-state index contributed by atoms with van der Waals surface area (Å²) < 4.78 is 13.2. The van der Waals surface area contributed by atoms with Gasteiger partial charge in [-0.05, 0) is 61.6 Å². The summed E-state index contributed by atoms with van der Waals surface area (Å²) in [5.41, 5.74) is 5.62. The number of carbonyl (C=O) groups is 2. The Morgan fingerprint density at radius 2 is 1.69 bits per heavy atom. The van der Waals surface area contributed by atoms with Crippen molar-refractivity contribution in [3.8, 4) is 11.5 Å². The molecule has 0 N–H and O–H groups in total. The van der Waals surface area contributed by atoms with Gasteiger partial charge in [-0.25, -0.2) is 9.78 Å². The molecule has 35 heavy (non-hydrogen) atoms. The molecule has 0 bridgehead atoms. The van der Waals surface area contributed by atoms with Gasteiger partial charge in [0.2, 0.25) is 11.8 Å². The maximum atomic E-state index is 13.2. The highest BCUT2D eigenvalue weighted by Gasteiger charge is 2.24. The molecule has 0 fully saturated rings. The summed E-state index contributed by atoms with van der Waals surface area (Å²) in [6.07, 6.45) is 4.23. The van der Waals surface area contributed by atoms with Gasteiger partial charge in [-0.1, -0.05) is 42.5 Å². The second-order valence-electron chi connectivity index (χ2n) is 8.80. The van der Waals surface area contributed by atoms with Crippen LogP contribution in [0.1, 0.15) is 45.7 Å². The van der Waals surface area contributed by atoms with Gasteiger partial charge in [-0.3, -0.25) is 9.36 Å². The first-order valence-corrected chi connectivity index (χ1v) is 12.0. The first kappa shape index (κ1) is 21.4. The van der Waals surface area contributed by atoms with Crippen LogP contribution < -0.4 is 0 Å². The number of carbonyl (C=O) groups excluding carboxylic acids is 2. The van der Waals surface area contributed by atoms with Crippen molar-refractivity contribution in [2.24, 2.45) is 0 Å². The lowest BCUT2D eigenvalue weighted by Crippen LogP contribution is -2.19. The van der Waals surface area contributed by atoms with Crippen molar-refractivity contribution in [1.82, 2.24) is 9.55 Å². The number of rotatable bonds is 5. The van der Waals surface area contributed by atoms with E-state index in [1.807, 2.05) is 53.1 Å². The molecule has 0 saturated carbocycles. The Kier molecular flexibility index (Phi) is 5.41. The molecule has 6 heteroatoms. The number of nitrogens with zero attached hydrogens (tertiary/aromatic N) is 2. The molecule has 2 heterocycles. The van der Waals surface area contributed by atoms with E-state index in [2.05, 4.69) is 11.1 Å². The summed E-state index contributed by atoms with van der Waals surface area (Å²) in [5, 5.41) is 1.15. The van der Waals surface area contributed by atoms with Crippen molar-refractivity contribution in [3.63, 3.8) is 0 Å². The fourth-order valence-corrected chi connectivity index (χ4v) is 5.04. The van der Waals surface area contributed by atoms with Gasteiger partial charge in [-0.15, -0.1) is 0 Å². The van der Waals surface area contributed by atoms with E-state index in [0.717, 1.165) is 47.8 Å². The second-order valence-corrected chi connectivity index (χ2v) is 8.80. The van der Waals surface area contributed by atoms with Crippen LogP contribution in [0.2, 0.25) is 0 Å². The Morgan fingerprint density at radius 1 is 0.914 bits per heavy atom. The highest BCUT2D eigenvalue weighted by Crippen LogP contribution is 2.32. The summed E-state index contributed by atoms with van der Waals surface area (Å²) in [4.78, 5) is 30.7. The van der Waals surface area contributed by atoms with Crippen molar-refractivity contribution >= 4 is 33.9 Å². The molecule has 6 nitrogen and oxygen atoms in total. The number of aromatic nitrogens is 2. The Hall–Kier alpha value is -4.19. The number of oxazole rings is 1. The minimum absolute atomic E-state index is 0.000833. The molecule has 5 aromatic rings. The van der Waals surface area contributed by atoms with Crippen LogP contribution in [0.4, 0.5) is 0 Å². The Balaban J connectivity index is 1.20. The van der Waals surface area contributed by atoms with Crippen molar-refractivity contribution in [3.05, 3.63) is 89.6 Å². The molecule has 174 valence electrons. The van der Waals surface area contributed by atoms with Gasteiger partial charge in [0, 0.05) is 11.1 Å². The van der Waals surface area contributed by atoms with Crippen LogP contribution in [0.15, 0.2) is 77.2 Å². The summed E-state index contributed by atoms with van der Waals surface area (Å²) in [7, 11) is 0. The molecular weight excluding hydrogens is 440 g/mol. The molecule has 0 atom stereocenters. The van der Waals surface area contributed by atoms with Crippen molar-refractivity contribution in [1.29, 1.82) is 0 Å². The molecule has 3 aromatic carbocycles. The van der Waals surface area contributed by atoms with Gasteiger partial charge in [0.05, 0.1) is 23.1 Å². The quantitative estimate of drug-likeness (QED) is 0.289. The smallest absolute Gasteiger partial charge is 0.338 e. The number of para-hydroxylation sites is 3. The lowest BCUT2D eigenvalue weighted by atomic mass is 9.95. The lowest BCUT2D eigenvalue weighted by Gasteiger charge is -2.15. The maximum Gasteiger partial charge on any atom is 0.338 e.